The second-order valence-electron chi connectivity index (χ2n) is 5.80. The van der Waals surface area contributed by atoms with Crippen molar-refractivity contribution < 1.29 is 4.79 Å². The maximum atomic E-state index is 12.5. The normalized spacial score (nSPS) is 15.0. The molecule has 1 fully saturated rings. The van der Waals surface area contributed by atoms with E-state index < -0.39 is 0 Å². The van der Waals surface area contributed by atoms with Crippen LogP contribution in [0.1, 0.15) is 58.2 Å². The molecule has 0 aromatic carbocycles. The number of aryl methyl sites for hydroxylation is 3. The number of hydrogen-bond acceptors (Lipinski definition) is 3. The summed E-state index contributed by atoms with van der Waals surface area (Å²) >= 11 is 0. The van der Waals surface area contributed by atoms with Crippen LogP contribution in [-0.2, 0) is 13.6 Å². The van der Waals surface area contributed by atoms with E-state index in [1.165, 1.54) is 6.42 Å². The van der Waals surface area contributed by atoms with Crippen LogP contribution in [0.5, 0.6) is 0 Å². The first kappa shape index (κ1) is 13.9. The van der Waals surface area contributed by atoms with Gasteiger partial charge in [-0.15, -0.1) is 0 Å². The van der Waals surface area contributed by atoms with E-state index in [4.69, 9.17) is 0 Å². The van der Waals surface area contributed by atoms with Crippen molar-refractivity contribution >= 4 is 5.91 Å². The Bertz CT molecular complexity index is 646. The highest BCUT2D eigenvalue weighted by atomic mass is 16.2. The highest BCUT2D eigenvalue weighted by Crippen LogP contribution is 2.37. The number of carbonyl (C=O) groups excluding carboxylic acids is 1. The Labute approximate surface area is 123 Å². The summed E-state index contributed by atoms with van der Waals surface area (Å²) in [7, 11) is 1.82. The maximum Gasteiger partial charge on any atom is 0.270 e. The maximum absolute atomic E-state index is 12.5. The van der Waals surface area contributed by atoms with Crippen molar-refractivity contribution in [1.29, 1.82) is 0 Å². The zero-order chi connectivity index (χ0) is 15.0. The topological polar surface area (TPSA) is 75.6 Å². The van der Waals surface area contributed by atoms with E-state index >= 15 is 0 Å². The van der Waals surface area contributed by atoms with Crippen molar-refractivity contribution in [3.8, 4) is 0 Å². The molecule has 6 nitrogen and oxygen atoms in total. The molecule has 3 rings (SSSR count). The lowest BCUT2D eigenvalue weighted by Gasteiger charge is -2.25. The monoisotopic (exact) mass is 287 g/mol. The molecule has 112 valence electrons. The minimum atomic E-state index is -0.0584. The SMILES string of the molecule is Cc1n[nH]c(C)c1CNC(=O)c1c(C2CCC2)cnn1C. The number of amides is 1. The number of rotatable bonds is 4. The number of aromatic nitrogens is 4. The molecular formula is C15H21N5O. The van der Waals surface area contributed by atoms with Gasteiger partial charge in [0.15, 0.2) is 0 Å². The molecular weight excluding hydrogens is 266 g/mol. The third kappa shape index (κ3) is 2.46. The van der Waals surface area contributed by atoms with Crippen LogP contribution in [0.2, 0.25) is 0 Å². The Morgan fingerprint density at radius 3 is 2.81 bits per heavy atom. The quantitative estimate of drug-likeness (QED) is 0.902. The average Bonchev–Trinajstić information content (AvgIpc) is 2.90. The predicted molar refractivity (Wildman–Crippen MR) is 79.0 cm³/mol. The van der Waals surface area contributed by atoms with Gasteiger partial charge in [-0.05, 0) is 32.6 Å². The first-order valence-electron chi connectivity index (χ1n) is 7.38. The fraction of sp³-hybridized carbons (Fsp3) is 0.533. The number of nitrogens with one attached hydrogen (secondary N) is 2. The Hall–Kier alpha value is -2.11. The molecule has 1 aliphatic carbocycles. The summed E-state index contributed by atoms with van der Waals surface area (Å²) in [6.07, 6.45) is 5.40. The van der Waals surface area contributed by atoms with Crippen LogP contribution >= 0.6 is 0 Å². The van der Waals surface area contributed by atoms with E-state index in [9.17, 15) is 4.79 Å². The van der Waals surface area contributed by atoms with E-state index in [0.29, 0.717) is 18.2 Å². The fourth-order valence-corrected chi connectivity index (χ4v) is 2.84. The van der Waals surface area contributed by atoms with E-state index in [1.807, 2.05) is 27.1 Å². The minimum Gasteiger partial charge on any atom is -0.346 e. The minimum absolute atomic E-state index is 0.0584. The first-order chi connectivity index (χ1) is 10.1. The molecule has 0 saturated heterocycles. The van der Waals surface area contributed by atoms with Crippen molar-refractivity contribution in [1.82, 2.24) is 25.3 Å². The third-order valence-corrected chi connectivity index (χ3v) is 4.43. The molecule has 1 aliphatic rings. The van der Waals surface area contributed by atoms with Gasteiger partial charge in [0.05, 0.1) is 11.9 Å². The summed E-state index contributed by atoms with van der Waals surface area (Å²) in [5.74, 6) is 0.439. The van der Waals surface area contributed by atoms with E-state index in [1.54, 1.807) is 4.68 Å². The molecule has 0 radical (unpaired) electrons. The van der Waals surface area contributed by atoms with Gasteiger partial charge < -0.3 is 5.32 Å². The molecule has 2 aromatic rings. The van der Waals surface area contributed by atoms with Gasteiger partial charge >= 0.3 is 0 Å². The van der Waals surface area contributed by atoms with Crippen molar-refractivity contribution in [2.75, 3.05) is 0 Å². The molecule has 1 amide bonds. The molecule has 2 aromatic heterocycles. The Morgan fingerprint density at radius 2 is 2.24 bits per heavy atom. The van der Waals surface area contributed by atoms with Crippen LogP contribution in [0.3, 0.4) is 0 Å². The van der Waals surface area contributed by atoms with Crippen molar-refractivity contribution in [3.05, 3.63) is 34.4 Å². The molecule has 2 N–H and O–H groups in total. The van der Waals surface area contributed by atoms with Gasteiger partial charge in [0.1, 0.15) is 5.69 Å². The van der Waals surface area contributed by atoms with Crippen LogP contribution in [0, 0.1) is 13.8 Å². The van der Waals surface area contributed by atoms with E-state index in [0.717, 1.165) is 35.4 Å². The van der Waals surface area contributed by atoms with Gasteiger partial charge in [0.25, 0.3) is 5.91 Å². The Morgan fingerprint density at radius 1 is 1.48 bits per heavy atom. The molecule has 0 bridgehead atoms. The summed E-state index contributed by atoms with van der Waals surface area (Å²) < 4.78 is 1.68. The predicted octanol–water partition coefficient (Wildman–Crippen LogP) is 1.96. The molecule has 0 spiro atoms. The van der Waals surface area contributed by atoms with Gasteiger partial charge in [0.2, 0.25) is 0 Å². The van der Waals surface area contributed by atoms with Crippen molar-refractivity contribution in [3.63, 3.8) is 0 Å². The largest absolute Gasteiger partial charge is 0.346 e. The highest BCUT2D eigenvalue weighted by molar-refractivity contribution is 5.94. The van der Waals surface area contributed by atoms with Crippen molar-refractivity contribution in [2.24, 2.45) is 7.05 Å². The molecule has 2 heterocycles. The second kappa shape index (κ2) is 5.35. The van der Waals surface area contributed by atoms with E-state index in [-0.39, 0.29) is 5.91 Å². The van der Waals surface area contributed by atoms with E-state index in [2.05, 4.69) is 20.6 Å². The lowest BCUT2D eigenvalue weighted by Crippen LogP contribution is -2.27. The Kier molecular flexibility index (Phi) is 3.53. The van der Waals surface area contributed by atoms with Crippen LogP contribution in [0.4, 0.5) is 0 Å². The lowest BCUT2D eigenvalue weighted by molar-refractivity contribution is 0.0939. The van der Waals surface area contributed by atoms with Crippen molar-refractivity contribution in [2.45, 2.75) is 45.6 Å². The zero-order valence-corrected chi connectivity index (χ0v) is 12.7. The van der Waals surface area contributed by atoms with Gasteiger partial charge in [-0.25, -0.2) is 0 Å². The molecule has 1 saturated carbocycles. The van der Waals surface area contributed by atoms with Crippen LogP contribution in [0.15, 0.2) is 6.20 Å². The summed E-state index contributed by atoms with van der Waals surface area (Å²) in [6.45, 7) is 4.39. The average molecular weight is 287 g/mol. The van der Waals surface area contributed by atoms with Crippen LogP contribution in [0.25, 0.3) is 0 Å². The van der Waals surface area contributed by atoms with Crippen LogP contribution in [-0.4, -0.2) is 25.9 Å². The molecule has 6 heteroatoms. The number of aromatic amines is 1. The second-order valence-corrected chi connectivity index (χ2v) is 5.80. The number of H-pyrrole nitrogens is 1. The summed E-state index contributed by atoms with van der Waals surface area (Å²) in [5, 5.41) is 14.3. The fourth-order valence-electron chi connectivity index (χ4n) is 2.84. The first-order valence-corrected chi connectivity index (χ1v) is 7.38. The third-order valence-electron chi connectivity index (χ3n) is 4.43. The molecule has 0 aliphatic heterocycles. The number of hydrogen-bond donors (Lipinski definition) is 2. The van der Waals surface area contributed by atoms with Gasteiger partial charge in [0, 0.05) is 30.4 Å². The number of nitrogens with zero attached hydrogens (tertiary/aromatic N) is 3. The smallest absolute Gasteiger partial charge is 0.270 e. The summed E-state index contributed by atoms with van der Waals surface area (Å²) in [6, 6.07) is 0. The number of carbonyl (C=O) groups is 1. The molecule has 0 unspecified atom stereocenters. The molecule has 21 heavy (non-hydrogen) atoms. The van der Waals surface area contributed by atoms with Gasteiger partial charge in [-0.3, -0.25) is 14.6 Å². The summed E-state index contributed by atoms with van der Waals surface area (Å²) in [5.41, 5.74) is 4.75. The van der Waals surface area contributed by atoms with Gasteiger partial charge in [-0.2, -0.15) is 10.2 Å². The lowest BCUT2D eigenvalue weighted by atomic mass is 9.80. The standard InChI is InChI=1S/C15H21N5O/c1-9-12(10(2)19-18-9)7-16-15(21)14-13(8-17-20(14)3)11-5-4-6-11/h8,11H,4-7H2,1-3H3,(H,16,21)(H,18,19). The zero-order valence-electron chi connectivity index (χ0n) is 12.7. The van der Waals surface area contributed by atoms with Crippen LogP contribution < -0.4 is 5.32 Å². The summed E-state index contributed by atoms with van der Waals surface area (Å²) in [4.78, 5) is 12.5. The highest BCUT2D eigenvalue weighted by Gasteiger charge is 2.27. The molecule has 0 atom stereocenters. The van der Waals surface area contributed by atoms with Gasteiger partial charge in [-0.1, -0.05) is 6.42 Å². The Balaban J connectivity index is 1.75.